The van der Waals surface area contributed by atoms with E-state index in [1.807, 2.05) is 0 Å². The van der Waals surface area contributed by atoms with Crippen LogP contribution in [0.25, 0.3) is 11.0 Å². The van der Waals surface area contributed by atoms with Gasteiger partial charge in [-0.05, 0) is 17.3 Å². The summed E-state index contributed by atoms with van der Waals surface area (Å²) in [7, 11) is -5.84. The van der Waals surface area contributed by atoms with Crippen molar-refractivity contribution in [2.45, 2.75) is 5.51 Å². The van der Waals surface area contributed by atoms with Crippen molar-refractivity contribution < 1.29 is 34.7 Å². The number of fused-ring (bicyclic) bond motifs is 1. The zero-order valence-corrected chi connectivity index (χ0v) is 9.05. The van der Waals surface area contributed by atoms with Crippen LogP contribution in [0.1, 0.15) is 0 Å². The van der Waals surface area contributed by atoms with Crippen LogP contribution < -0.4 is 4.18 Å². The molecule has 0 unspecified atom stereocenters. The van der Waals surface area contributed by atoms with Gasteiger partial charge in [-0.1, -0.05) is 0 Å². The van der Waals surface area contributed by atoms with Gasteiger partial charge in [-0.25, -0.2) is 4.39 Å². The van der Waals surface area contributed by atoms with Gasteiger partial charge in [0, 0.05) is 6.07 Å². The molecule has 1 heterocycles. The molecule has 0 spiro atoms. The summed E-state index contributed by atoms with van der Waals surface area (Å²) in [6.45, 7) is 0. The molecule has 0 N–H and O–H groups in total. The fourth-order valence-electron chi connectivity index (χ4n) is 1.10. The van der Waals surface area contributed by atoms with Crippen LogP contribution in [0.5, 0.6) is 5.88 Å². The molecule has 1 aromatic carbocycles. The lowest BCUT2D eigenvalue weighted by Gasteiger charge is -2.06. The van der Waals surface area contributed by atoms with Crippen molar-refractivity contribution in [3.05, 3.63) is 24.0 Å². The van der Waals surface area contributed by atoms with Crippen LogP contribution in [0.2, 0.25) is 0 Å². The minimum absolute atomic E-state index is 0.191. The molecular formula is C8H3F4NO4S. The highest BCUT2D eigenvalue weighted by atomic mass is 32.2. The van der Waals surface area contributed by atoms with E-state index < -0.39 is 27.3 Å². The fourth-order valence-corrected chi connectivity index (χ4v) is 1.52. The van der Waals surface area contributed by atoms with E-state index in [0.29, 0.717) is 0 Å². The molecule has 0 bridgehead atoms. The Kier molecular flexibility index (Phi) is 2.69. The Labute approximate surface area is 97.1 Å². The van der Waals surface area contributed by atoms with Crippen molar-refractivity contribution in [3.63, 3.8) is 0 Å². The number of aromatic nitrogens is 1. The van der Waals surface area contributed by atoms with Gasteiger partial charge < -0.3 is 8.71 Å². The molecule has 2 aromatic rings. The molecule has 0 aliphatic heterocycles. The Morgan fingerprint density at radius 1 is 1.28 bits per heavy atom. The van der Waals surface area contributed by atoms with E-state index in [0.717, 1.165) is 18.2 Å². The second-order valence-corrected chi connectivity index (χ2v) is 4.65. The second kappa shape index (κ2) is 3.83. The number of halogens is 4. The highest BCUT2D eigenvalue weighted by Gasteiger charge is 2.49. The summed E-state index contributed by atoms with van der Waals surface area (Å²) in [5, 5.41) is 2.80. The predicted molar refractivity (Wildman–Crippen MR) is 49.6 cm³/mol. The average molecular weight is 285 g/mol. The van der Waals surface area contributed by atoms with Crippen LogP contribution in [0, 0.1) is 5.82 Å². The van der Waals surface area contributed by atoms with E-state index in [-0.39, 0.29) is 11.0 Å². The standard InChI is InChI=1S/C8H3F4NO4S/c9-4-1-2-5-6(3-4)16-13-7(5)17-18(14,15)8(10,11)12/h1-3H. The van der Waals surface area contributed by atoms with Crippen LogP contribution in [-0.4, -0.2) is 19.1 Å². The first kappa shape index (κ1) is 12.6. The predicted octanol–water partition coefficient (Wildman–Crippen LogP) is 2.20. The molecule has 98 valence electrons. The Hall–Kier alpha value is -1.84. The maximum Gasteiger partial charge on any atom is 0.534 e. The van der Waals surface area contributed by atoms with E-state index in [4.69, 9.17) is 0 Å². The second-order valence-electron chi connectivity index (χ2n) is 3.11. The van der Waals surface area contributed by atoms with Crippen molar-refractivity contribution in [2.24, 2.45) is 0 Å². The van der Waals surface area contributed by atoms with Crippen molar-refractivity contribution >= 4 is 21.1 Å². The van der Waals surface area contributed by atoms with Gasteiger partial charge in [0.05, 0.1) is 5.39 Å². The van der Waals surface area contributed by atoms with Crippen LogP contribution in [-0.2, 0) is 10.1 Å². The van der Waals surface area contributed by atoms with Gasteiger partial charge in [0.1, 0.15) is 5.82 Å². The number of benzene rings is 1. The summed E-state index contributed by atoms with van der Waals surface area (Å²) in [6, 6.07) is 2.71. The van der Waals surface area contributed by atoms with Gasteiger partial charge in [-0.15, -0.1) is 0 Å². The van der Waals surface area contributed by atoms with Crippen LogP contribution >= 0.6 is 0 Å². The lowest BCUT2D eigenvalue weighted by Crippen LogP contribution is -2.28. The molecule has 1 aromatic heterocycles. The Balaban J connectivity index is 2.45. The third kappa shape index (κ3) is 2.10. The van der Waals surface area contributed by atoms with Gasteiger partial charge in [-0.3, -0.25) is 0 Å². The highest BCUT2D eigenvalue weighted by Crippen LogP contribution is 2.31. The van der Waals surface area contributed by atoms with Gasteiger partial charge in [0.25, 0.3) is 5.88 Å². The zero-order valence-electron chi connectivity index (χ0n) is 8.23. The van der Waals surface area contributed by atoms with Gasteiger partial charge in [0.15, 0.2) is 5.58 Å². The zero-order chi connectivity index (χ0) is 13.6. The minimum Gasteiger partial charge on any atom is -0.352 e. The smallest absolute Gasteiger partial charge is 0.352 e. The molecule has 0 aliphatic carbocycles. The maximum absolute atomic E-state index is 12.7. The largest absolute Gasteiger partial charge is 0.534 e. The topological polar surface area (TPSA) is 69.4 Å². The number of alkyl halides is 3. The molecule has 0 saturated heterocycles. The monoisotopic (exact) mass is 285 g/mol. The minimum atomic E-state index is -5.84. The third-order valence-electron chi connectivity index (χ3n) is 1.87. The first-order valence-electron chi connectivity index (χ1n) is 4.26. The Morgan fingerprint density at radius 3 is 2.56 bits per heavy atom. The van der Waals surface area contributed by atoms with E-state index >= 15 is 0 Å². The Bertz CT molecular complexity index is 691. The summed E-state index contributed by atoms with van der Waals surface area (Å²) in [6.07, 6.45) is 0. The number of hydrogen-bond acceptors (Lipinski definition) is 5. The first-order chi connectivity index (χ1) is 8.21. The molecule has 2 rings (SSSR count). The van der Waals surface area contributed by atoms with Crippen LogP contribution in [0.15, 0.2) is 22.7 Å². The fraction of sp³-hybridized carbons (Fsp3) is 0.125. The van der Waals surface area contributed by atoms with Crippen molar-refractivity contribution in [1.82, 2.24) is 5.16 Å². The molecule has 18 heavy (non-hydrogen) atoms. The van der Waals surface area contributed by atoms with Gasteiger partial charge in [-0.2, -0.15) is 21.6 Å². The van der Waals surface area contributed by atoms with Crippen molar-refractivity contribution in [1.29, 1.82) is 0 Å². The molecule has 0 radical (unpaired) electrons. The average Bonchev–Trinajstić information content (AvgIpc) is 2.58. The lowest BCUT2D eigenvalue weighted by molar-refractivity contribution is -0.0501. The first-order valence-corrected chi connectivity index (χ1v) is 5.67. The van der Waals surface area contributed by atoms with E-state index in [9.17, 15) is 26.0 Å². The molecule has 10 heteroatoms. The molecular weight excluding hydrogens is 282 g/mol. The lowest BCUT2D eigenvalue weighted by atomic mass is 10.2. The van der Waals surface area contributed by atoms with Gasteiger partial charge in [0.2, 0.25) is 0 Å². The highest BCUT2D eigenvalue weighted by molar-refractivity contribution is 7.88. The van der Waals surface area contributed by atoms with Crippen molar-refractivity contribution in [2.75, 3.05) is 0 Å². The normalized spacial score (nSPS) is 12.9. The van der Waals surface area contributed by atoms with E-state index in [1.165, 1.54) is 0 Å². The molecule has 0 atom stereocenters. The SMILES string of the molecule is O=S(=O)(Oc1noc2cc(F)ccc12)C(F)(F)F. The summed E-state index contributed by atoms with van der Waals surface area (Å²) in [5.74, 6) is -1.62. The van der Waals surface area contributed by atoms with Crippen LogP contribution in [0.3, 0.4) is 0 Å². The van der Waals surface area contributed by atoms with Gasteiger partial charge >= 0.3 is 15.6 Å². The summed E-state index contributed by atoms with van der Waals surface area (Å²) in [4.78, 5) is 0. The summed E-state index contributed by atoms with van der Waals surface area (Å²) >= 11 is 0. The maximum atomic E-state index is 12.7. The van der Waals surface area contributed by atoms with Crippen LogP contribution in [0.4, 0.5) is 17.6 Å². The molecule has 0 saturated carbocycles. The molecule has 5 nitrogen and oxygen atoms in total. The summed E-state index contributed by atoms with van der Waals surface area (Å²) < 4.78 is 78.6. The number of nitrogens with zero attached hydrogens (tertiary/aromatic N) is 1. The Morgan fingerprint density at radius 2 is 1.94 bits per heavy atom. The summed E-state index contributed by atoms with van der Waals surface area (Å²) in [5.41, 5.74) is -5.82. The number of hydrogen-bond donors (Lipinski definition) is 0. The molecule has 0 fully saturated rings. The van der Waals surface area contributed by atoms with E-state index in [2.05, 4.69) is 13.9 Å². The van der Waals surface area contributed by atoms with Crippen molar-refractivity contribution in [3.8, 4) is 5.88 Å². The quantitative estimate of drug-likeness (QED) is 0.480. The molecule has 0 aliphatic rings. The molecule has 0 amide bonds. The number of rotatable bonds is 2. The third-order valence-corrected chi connectivity index (χ3v) is 2.82. The van der Waals surface area contributed by atoms with E-state index in [1.54, 1.807) is 0 Å².